The highest BCUT2D eigenvalue weighted by molar-refractivity contribution is 8.00. The summed E-state index contributed by atoms with van der Waals surface area (Å²) in [6.07, 6.45) is 4.79. The summed E-state index contributed by atoms with van der Waals surface area (Å²) < 4.78 is 7.52. The Morgan fingerprint density at radius 3 is 2.73 bits per heavy atom. The summed E-state index contributed by atoms with van der Waals surface area (Å²) in [6.45, 7) is 10.2. The summed E-state index contributed by atoms with van der Waals surface area (Å²) in [5.74, 6) is 1.55. The Hall–Kier alpha value is -1.28. The Bertz CT molecular complexity index is 602. The summed E-state index contributed by atoms with van der Waals surface area (Å²) in [5.41, 5.74) is 0. The minimum atomic E-state index is -0.184. The number of nitrogens with zero attached hydrogens (tertiary/aromatic N) is 4. The molecule has 7 nitrogen and oxygen atoms in total. The Morgan fingerprint density at radius 2 is 2.04 bits per heavy atom. The lowest BCUT2D eigenvalue weighted by Crippen LogP contribution is -2.44. The van der Waals surface area contributed by atoms with Crippen LogP contribution >= 0.6 is 11.8 Å². The van der Waals surface area contributed by atoms with E-state index in [2.05, 4.69) is 38.8 Å². The predicted octanol–water partition coefficient (Wildman–Crippen LogP) is 2.31. The Labute approximate surface area is 160 Å². The van der Waals surface area contributed by atoms with Crippen LogP contribution in [0.5, 0.6) is 0 Å². The van der Waals surface area contributed by atoms with Crippen molar-refractivity contribution in [3.8, 4) is 0 Å². The van der Waals surface area contributed by atoms with Gasteiger partial charge in [0.2, 0.25) is 11.9 Å². The lowest BCUT2D eigenvalue weighted by Gasteiger charge is -2.30. The minimum absolute atomic E-state index is 0.104. The van der Waals surface area contributed by atoms with E-state index in [0.29, 0.717) is 12.0 Å². The number of nitrogens with one attached hydrogen (secondary N) is 1. The molecule has 1 N–H and O–H groups in total. The number of ether oxygens (including phenoxy) is 1. The number of anilines is 1. The van der Waals surface area contributed by atoms with Gasteiger partial charge in [0.1, 0.15) is 0 Å². The van der Waals surface area contributed by atoms with E-state index < -0.39 is 0 Å². The highest BCUT2D eigenvalue weighted by atomic mass is 32.2. The van der Waals surface area contributed by atoms with Crippen LogP contribution in [0.2, 0.25) is 0 Å². The van der Waals surface area contributed by atoms with Crippen molar-refractivity contribution in [2.75, 3.05) is 31.2 Å². The number of hydrogen-bond donors (Lipinski definition) is 1. The van der Waals surface area contributed by atoms with Gasteiger partial charge >= 0.3 is 0 Å². The third kappa shape index (κ3) is 4.52. The molecule has 1 amide bonds. The number of aromatic nitrogens is 3. The standard InChI is InChI=1S/C18H31N5O2S/c1-4-23-17(22-9-11-25-12-10-22)20-21-18(23)26-14(3)16(24)19-15-8-6-5-7-13(15)2/h13-15H,4-12H2,1-3H3,(H,19,24). The lowest BCUT2D eigenvalue weighted by molar-refractivity contribution is -0.121. The lowest BCUT2D eigenvalue weighted by atomic mass is 9.86. The van der Waals surface area contributed by atoms with Crippen molar-refractivity contribution in [2.45, 2.75) is 69.4 Å². The van der Waals surface area contributed by atoms with Crippen LogP contribution in [-0.2, 0) is 16.1 Å². The van der Waals surface area contributed by atoms with Crippen molar-refractivity contribution in [3.63, 3.8) is 0 Å². The second-order valence-corrected chi connectivity index (χ2v) is 8.57. The summed E-state index contributed by atoms with van der Waals surface area (Å²) in [4.78, 5) is 14.9. The van der Waals surface area contributed by atoms with E-state index in [1.54, 1.807) is 0 Å². The van der Waals surface area contributed by atoms with Gasteiger partial charge in [0.15, 0.2) is 5.16 Å². The van der Waals surface area contributed by atoms with Crippen LogP contribution in [0.15, 0.2) is 5.16 Å². The van der Waals surface area contributed by atoms with E-state index in [0.717, 1.165) is 50.4 Å². The molecule has 8 heteroatoms. The molecule has 1 aliphatic heterocycles. The van der Waals surface area contributed by atoms with Gasteiger partial charge in [0, 0.05) is 25.7 Å². The Balaban J connectivity index is 1.62. The van der Waals surface area contributed by atoms with Gasteiger partial charge in [0.05, 0.1) is 18.5 Å². The minimum Gasteiger partial charge on any atom is -0.378 e. The maximum atomic E-state index is 12.7. The highest BCUT2D eigenvalue weighted by Gasteiger charge is 2.27. The first-order valence-electron chi connectivity index (χ1n) is 9.83. The van der Waals surface area contributed by atoms with Crippen molar-refractivity contribution in [1.82, 2.24) is 20.1 Å². The third-order valence-electron chi connectivity index (χ3n) is 5.40. The Morgan fingerprint density at radius 1 is 1.31 bits per heavy atom. The zero-order valence-electron chi connectivity index (χ0n) is 16.1. The topological polar surface area (TPSA) is 72.3 Å². The first-order chi connectivity index (χ1) is 12.6. The van der Waals surface area contributed by atoms with Gasteiger partial charge in [-0.25, -0.2) is 0 Å². The number of morpholine rings is 1. The largest absolute Gasteiger partial charge is 0.378 e. The van der Waals surface area contributed by atoms with Crippen LogP contribution in [0.3, 0.4) is 0 Å². The van der Waals surface area contributed by atoms with Crippen molar-refractivity contribution in [3.05, 3.63) is 0 Å². The monoisotopic (exact) mass is 381 g/mol. The highest BCUT2D eigenvalue weighted by Crippen LogP contribution is 2.28. The SMILES string of the molecule is CCn1c(SC(C)C(=O)NC2CCCCC2C)nnc1N1CCOCC1. The average Bonchev–Trinajstić information content (AvgIpc) is 3.06. The number of amides is 1. The third-order valence-corrected chi connectivity index (χ3v) is 6.48. The average molecular weight is 382 g/mol. The molecule has 2 heterocycles. The molecule has 1 saturated heterocycles. The maximum absolute atomic E-state index is 12.7. The van der Waals surface area contributed by atoms with Gasteiger partial charge in [-0.3, -0.25) is 9.36 Å². The zero-order valence-corrected chi connectivity index (χ0v) is 16.9. The number of rotatable bonds is 6. The quantitative estimate of drug-likeness (QED) is 0.763. The molecule has 0 spiro atoms. The second-order valence-electron chi connectivity index (χ2n) is 7.26. The fourth-order valence-corrected chi connectivity index (χ4v) is 4.60. The number of thioether (sulfide) groups is 1. The second kappa shape index (κ2) is 9.08. The summed E-state index contributed by atoms with van der Waals surface area (Å²) >= 11 is 1.50. The van der Waals surface area contributed by atoms with Crippen molar-refractivity contribution in [1.29, 1.82) is 0 Å². The van der Waals surface area contributed by atoms with E-state index >= 15 is 0 Å². The van der Waals surface area contributed by atoms with Crippen LogP contribution < -0.4 is 10.2 Å². The van der Waals surface area contributed by atoms with Crippen LogP contribution in [0, 0.1) is 5.92 Å². The fraction of sp³-hybridized carbons (Fsp3) is 0.833. The summed E-state index contributed by atoms with van der Waals surface area (Å²) in [5, 5.41) is 12.6. The molecule has 1 aliphatic carbocycles. The molecule has 0 bridgehead atoms. The molecule has 146 valence electrons. The van der Waals surface area contributed by atoms with Gasteiger partial charge in [-0.1, -0.05) is 31.5 Å². The smallest absolute Gasteiger partial charge is 0.233 e. The molecule has 0 aromatic carbocycles. The molecule has 0 radical (unpaired) electrons. The Kier molecular flexibility index (Phi) is 6.80. The molecule has 1 saturated carbocycles. The predicted molar refractivity (Wildman–Crippen MR) is 104 cm³/mol. The van der Waals surface area contributed by atoms with Crippen LogP contribution in [0.25, 0.3) is 0 Å². The van der Waals surface area contributed by atoms with Crippen LogP contribution in [-0.4, -0.2) is 58.3 Å². The van der Waals surface area contributed by atoms with Gasteiger partial charge < -0.3 is 15.0 Å². The molecule has 1 aromatic rings. The van der Waals surface area contributed by atoms with Gasteiger partial charge in [-0.05, 0) is 32.6 Å². The molecule has 1 aromatic heterocycles. The number of carbonyl (C=O) groups is 1. The van der Waals surface area contributed by atoms with E-state index in [1.807, 2.05) is 6.92 Å². The molecule has 3 atom stereocenters. The van der Waals surface area contributed by atoms with E-state index in [4.69, 9.17) is 4.74 Å². The summed E-state index contributed by atoms with van der Waals surface area (Å²) in [7, 11) is 0. The normalized spacial score (nSPS) is 25.1. The molecule has 26 heavy (non-hydrogen) atoms. The van der Waals surface area contributed by atoms with Crippen LogP contribution in [0.1, 0.15) is 46.5 Å². The molecular weight excluding hydrogens is 350 g/mol. The first kappa shape index (κ1) is 19.5. The van der Waals surface area contributed by atoms with E-state index in [1.165, 1.54) is 31.0 Å². The number of hydrogen-bond acceptors (Lipinski definition) is 6. The van der Waals surface area contributed by atoms with Gasteiger partial charge in [0.25, 0.3) is 0 Å². The van der Waals surface area contributed by atoms with E-state index in [-0.39, 0.29) is 11.2 Å². The van der Waals surface area contributed by atoms with Crippen molar-refractivity contribution in [2.24, 2.45) is 5.92 Å². The van der Waals surface area contributed by atoms with Gasteiger partial charge in [-0.15, -0.1) is 10.2 Å². The first-order valence-corrected chi connectivity index (χ1v) is 10.7. The molecule has 2 aliphatic rings. The van der Waals surface area contributed by atoms with Crippen LogP contribution in [0.4, 0.5) is 5.95 Å². The molecule has 3 unspecified atom stereocenters. The maximum Gasteiger partial charge on any atom is 0.233 e. The molecule has 3 rings (SSSR count). The fourth-order valence-electron chi connectivity index (χ4n) is 3.68. The summed E-state index contributed by atoms with van der Waals surface area (Å²) in [6, 6.07) is 0.312. The molecule has 2 fully saturated rings. The number of carbonyl (C=O) groups excluding carboxylic acids is 1. The zero-order chi connectivity index (χ0) is 18.5. The van der Waals surface area contributed by atoms with Crippen molar-refractivity contribution >= 4 is 23.6 Å². The van der Waals surface area contributed by atoms with Crippen molar-refractivity contribution < 1.29 is 9.53 Å². The molecular formula is C18H31N5O2S. The van der Waals surface area contributed by atoms with Gasteiger partial charge in [-0.2, -0.15) is 0 Å². The van der Waals surface area contributed by atoms with E-state index in [9.17, 15) is 4.79 Å².